The van der Waals surface area contributed by atoms with E-state index in [-0.39, 0.29) is 17.0 Å². The zero-order chi connectivity index (χ0) is 13.1. The quantitative estimate of drug-likeness (QED) is 0.705. The van der Waals surface area contributed by atoms with Crippen molar-refractivity contribution in [3.63, 3.8) is 0 Å². The first kappa shape index (κ1) is 11.8. The van der Waals surface area contributed by atoms with Crippen LogP contribution in [0, 0.1) is 5.82 Å². The Morgan fingerprint density at radius 2 is 2.17 bits per heavy atom. The first-order chi connectivity index (χ1) is 8.58. The SMILES string of the molecule is Nc1ccc(F)c(NC(=O)c2ccncc2O)c1. The number of carbonyl (C=O) groups is 1. The normalized spacial score (nSPS) is 10.1. The molecule has 1 aromatic heterocycles. The number of hydrogen-bond acceptors (Lipinski definition) is 4. The number of rotatable bonds is 2. The van der Waals surface area contributed by atoms with E-state index in [0.717, 1.165) is 12.3 Å². The van der Waals surface area contributed by atoms with Crippen molar-refractivity contribution in [2.45, 2.75) is 0 Å². The molecule has 2 aromatic rings. The van der Waals surface area contributed by atoms with Gasteiger partial charge in [-0.2, -0.15) is 0 Å². The molecule has 0 radical (unpaired) electrons. The molecule has 0 aliphatic rings. The summed E-state index contributed by atoms with van der Waals surface area (Å²) in [5.74, 6) is -1.52. The van der Waals surface area contributed by atoms with Gasteiger partial charge in [-0.15, -0.1) is 0 Å². The largest absolute Gasteiger partial charge is 0.505 e. The maximum atomic E-state index is 13.4. The molecule has 0 saturated carbocycles. The number of nitrogens with two attached hydrogens (primary N) is 1. The third-order valence-corrected chi connectivity index (χ3v) is 2.28. The van der Waals surface area contributed by atoms with E-state index in [1.807, 2.05) is 0 Å². The topological polar surface area (TPSA) is 88.2 Å². The predicted molar refractivity (Wildman–Crippen MR) is 64.7 cm³/mol. The number of benzene rings is 1. The lowest BCUT2D eigenvalue weighted by atomic mass is 10.2. The van der Waals surface area contributed by atoms with E-state index in [9.17, 15) is 14.3 Å². The van der Waals surface area contributed by atoms with E-state index in [1.54, 1.807) is 0 Å². The van der Waals surface area contributed by atoms with Crippen LogP contribution in [0.4, 0.5) is 15.8 Å². The van der Waals surface area contributed by atoms with Gasteiger partial charge < -0.3 is 16.2 Å². The number of nitrogen functional groups attached to an aromatic ring is 1. The van der Waals surface area contributed by atoms with Crippen LogP contribution in [0.1, 0.15) is 10.4 Å². The van der Waals surface area contributed by atoms with E-state index in [0.29, 0.717) is 5.69 Å². The van der Waals surface area contributed by atoms with E-state index in [2.05, 4.69) is 10.3 Å². The Labute approximate surface area is 102 Å². The first-order valence-corrected chi connectivity index (χ1v) is 5.07. The van der Waals surface area contributed by atoms with E-state index in [1.165, 1.54) is 24.4 Å². The van der Waals surface area contributed by atoms with Gasteiger partial charge in [0.2, 0.25) is 0 Å². The lowest BCUT2D eigenvalue weighted by molar-refractivity contribution is 0.102. The van der Waals surface area contributed by atoms with Crippen molar-refractivity contribution < 1.29 is 14.3 Å². The molecule has 4 N–H and O–H groups in total. The molecule has 0 saturated heterocycles. The Hall–Kier alpha value is -2.63. The van der Waals surface area contributed by atoms with Crippen LogP contribution in [0.3, 0.4) is 0 Å². The van der Waals surface area contributed by atoms with Crippen molar-refractivity contribution in [3.8, 4) is 5.75 Å². The molecule has 6 heteroatoms. The average molecular weight is 247 g/mol. The molecule has 1 aromatic carbocycles. The van der Waals surface area contributed by atoms with Crippen LogP contribution in [0.5, 0.6) is 5.75 Å². The highest BCUT2D eigenvalue weighted by atomic mass is 19.1. The van der Waals surface area contributed by atoms with Gasteiger partial charge in [0.05, 0.1) is 17.4 Å². The molecular weight excluding hydrogens is 237 g/mol. The van der Waals surface area contributed by atoms with Crippen LogP contribution in [-0.4, -0.2) is 16.0 Å². The Morgan fingerprint density at radius 3 is 2.89 bits per heavy atom. The summed E-state index contributed by atoms with van der Waals surface area (Å²) in [5.41, 5.74) is 5.78. The number of pyridine rings is 1. The Bertz CT molecular complexity index is 602. The summed E-state index contributed by atoms with van der Waals surface area (Å²) in [6, 6.07) is 5.16. The molecule has 0 unspecified atom stereocenters. The van der Waals surface area contributed by atoms with Gasteiger partial charge in [-0.25, -0.2) is 4.39 Å². The lowest BCUT2D eigenvalue weighted by Crippen LogP contribution is -2.13. The van der Waals surface area contributed by atoms with E-state index < -0.39 is 11.7 Å². The third kappa shape index (κ3) is 2.37. The maximum Gasteiger partial charge on any atom is 0.259 e. The Morgan fingerprint density at radius 1 is 1.39 bits per heavy atom. The van der Waals surface area contributed by atoms with Crippen LogP contribution >= 0.6 is 0 Å². The molecule has 2 rings (SSSR count). The number of aromatic nitrogens is 1. The van der Waals surface area contributed by atoms with Crippen molar-refractivity contribution in [2.24, 2.45) is 0 Å². The van der Waals surface area contributed by atoms with Crippen molar-refractivity contribution in [1.29, 1.82) is 0 Å². The number of hydrogen-bond donors (Lipinski definition) is 3. The van der Waals surface area contributed by atoms with Gasteiger partial charge in [-0.1, -0.05) is 0 Å². The fraction of sp³-hybridized carbons (Fsp3) is 0. The standard InChI is InChI=1S/C12H10FN3O2/c13-9-2-1-7(14)5-10(9)16-12(18)8-3-4-15-6-11(8)17/h1-6,17H,14H2,(H,16,18). The number of aromatic hydroxyl groups is 1. The molecule has 1 heterocycles. The number of nitrogens with one attached hydrogen (secondary N) is 1. The molecule has 0 aliphatic heterocycles. The van der Waals surface area contributed by atoms with E-state index in [4.69, 9.17) is 5.73 Å². The minimum atomic E-state index is -0.639. The van der Waals surface area contributed by atoms with Crippen molar-refractivity contribution in [2.75, 3.05) is 11.1 Å². The first-order valence-electron chi connectivity index (χ1n) is 5.07. The van der Waals surface area contributed by atoms with E-state index >= 15 is 0 Å². The Balaban J connectivity index is 2.27. The van der Waals surface area contributed by atoms with Gasteiger partial charge in [-0.3, -0.25) is 9.78 Å². The molecule has 1 amide bonds. The summed E-state index contributed by atoms with van der Waals surface area (Å²) >= 11 is 0. The van der Waals surface area contributed by atoms with Crippen molar-refractivity contribution in [3.05, 3.63) is 48.0 Å². The van der Waals surface area contributed by atoms with Crippen LogP contribution in [0.2, 0.25) is 0 Å². The molecule has 18 heavy (non-hydrogen) atoms. The number of anilines is 2. The summed E-state index contributed by atoms with van der Waals surface area (Å²) in [5, 5.41) is 11.8. The van der Waals surface area contributed by atoms with Gasteiger partial charge >= 0.3 is 0 Å². The van der Waals surface area contributed by atoms with Gasteiger partial charge in [0, 0.05) is 11.9 Å². The third-order valence-electron chi connectivity index (χ3n) is 2.28. The number of carbonyl (C=O) groups excluding carboxylic acids is 1. The summed E-state index contributed by atoms with van der Waals surface area (Å²) in [6.45, 7) is 0. The van der Waals surface area contributed by atoms with Crippen LogP contribution in [0.15, 0.2) is 36.7 Å². The van der Waals surface area contributed by atoms with Crippen molar-refractivity contribution in [1.82, 2.24) is 4.98 Å². The summed E-state index contributed by atoms with van der Waals surface area (Å²) in [6.07, 6.45) is 2.48. The zero-order valence-corrected chi connectivity index (χ0v) is 9.22. The minimum absolute atomic E-state index is 0.00632. The van der Waals surface area contributed by atoms with Crippen LogP contribution in [0.25, 0.3) is 0 Å². The van der Waals surface area contributed by atoms with Crippen molar-refractivity contribution >= 4 is 17.3 Å². The monoisotopic (exact) mass is 247 g/mol. The summed E-state index contributed by atoms with van der Waals surface area (Å²) in [7, 11) is 0. The second-order valence-electron chi connectivity index (χ2n) is 3.59. The maximum absolute atomic E-state index is 13.4. The fourth-order valence-electron chi connectivity index (χ4n) is 1.41. The summed E-state index contributed by atoms with van der Waals surface area (Å²) < 4.78 is 13.4. The highest BCUT2D eigenvalue weighted by molar-refractivity contribution is 6.06. The smallest absolute Gasteiger partial charge is 0.259 e. The predicted octanol–water partition coefficient (Wildman–Crippen LogP) is 1.76. The zero-order valence-electron chi connectivity index (χ0n) is 9.22. The highest BCUT2D eigenvalue weighted by Crippen LogP contribution is 2.20. The molecule has 0 spiro atoms. The molecule has 0 fully saturated rings. The average Bonchev–Trinajstić information content (AvgIpc) is 2.34. The molecule has 0 bridgehead atoms. The molecule has 0 atom stereocenters. The highest BCUT2D eigenvalue weighted by Gasteiger charge is 2.13. The van der Waals surface area contributed by atoms with Gasteiger partial charge in [-0.05, 0) is 24.3 Å². The number of nitrogens with zero attached hydrogens (tertiary/aromatic N) is 1. The second kappa shape index (κ2) is 4.70. The van der Waals surface area contributed by atoms with Gasteiger partial charge in [0.25, 0.3) is 5.91 Å². The number of amides is 1. The molecule has 5 nitrogen and oxygen atoms in total. The molecule has 0 aliphatic carbocycles. The second-order valence-corrected chi connectivity index (χ2v) is 3.59. The lowest BCUT2D eigenvalue weighted by Gasteiger charge is -2.08. The molecular formula is C12H10FN3O2. The molecule has 92 valence electrons. The number of halogens is 1. The summed E-state index contributed by atoms with van der Waals surface area (Å²) in [4.78, 5) is 15.4. The van der Waals surface area contributed by atoms with Crippen LogP contribution < -0.4 is 11.1 Å². The van der Waals surface area contributed by atoms with Crippen LogP contribution in [-0.2, 0) is 0 Å². The fourth-order valence-corrected chi connectivity index (χ4v) is 1.41. The minimum Gasteiger partial charge on any atom is -0.505 e. The van der Waals surface area contributed by atoms with Gasteiger partial charge in [0.15, 0.2) is 0 Å². The van der Waals surface area contributed by atoms with Gasteiger partial charge in [0.1, 0.15) is 11.6 Å². The Kier molecular flexibility index (Phi) is 3.09.